The zero-order chi connectivity index (χ0) is 15.4. The quantitative estimate of drug-likeness (QED) is 0.736. The van der Waals surface area contributed by atoms with Crippen LogP contribution in [0.2, 0.25) is 0 Å². The number of hydrogen-bond acceptors (Lipinski definition) is 6. The Kier molecular flexibility index (Phi) is 5.03. The van der Waals surface area contributed by atoms with E-state index in [4.69, 9.17) is 11.5 Å². The number of nitrogens with one attached hydrogen (secondary N) is 1. The molecule has 0 aliphatic heterocycles. The first-order valence-electron chi connectivity index (χ1n) is 6.85. The molecule has 0 aliphatic rings. The van der Waals surface area contributed by atoms with E-state index in [1.54, 1.807) is 6.07 Å². The zero-order valence-corrected chi connectivity index (χ0v) is 13.4. The summed E-state index contributed by atoms with van der Waals surface area (Å²) < 4.78 is 0. The predicted molar refractivity (Wildman–Crippen MR) is 88.1 cm³/mol. The number of aromatic nitrogens is 2. The van der Waals surface area contributed by atoms with Gasteiger partial charge in [-0.15, -0.1) is 0 Å². The Morgan fingerprint density at radius 1 is 1.14 bits per heavy atom. The molecule has 0 spiro atoms. The molecule has 6 heteroatoms. The van der Waals surface area contributed by atoms with Gasteiger partial charge in [0.1, 0.15) is 11.6 Å². The SMILES string of the molecule is Cc1cc(CNC(C)C)ccc1Sc1nc(N)cc(N)n1. The Labute approximate surface area is 129 Å². The summed E-state index contributed by atoms with van der Waals surface area (Å²) in [6, 6.07) is 8.40. The van der Waals surface area contributed by atoms with Gasteiger partial charge < -0.3 is 16.8 Å². The molecule has 2 aromatic rings. The van der Waals surface area contributed by atoms with Crippen LogP contribution >= 0.6 is 11.8 Å². The van der Waals surface area contributed by atoms with Crippen LogP contribution in [0.25, 0.3) is 0 Å². The molecular weight excluding hydrogens is 282 g/mol. The molecule has 0 atom stereocenters. The highest BCUT2D eigenvalue weighted by Gasteiger charge is 2.07. The van der Waals surface area contributed by atoms with Crippen molar-refractivity contribution in [2.24, 2.45) is 0 Å². The maximum Gasteiger partial charge on any atom is 0.196 e. The molecule has 0 aliphatic carbocycles. The first-order valence-corrected chi connectivity index (χ1v) is 7.66. The highest BCUT2D eigenvalue weighted by molar-refractivity contribution is 7.99. The van der Waals surface area contributed by atoms with Gasteiger partial charge in [0.25, 0.3) is 0 Å². The van der Waals surface area contributed by atoms with Crippen molar-refractivity contribution in [3.63, 3.8) is 0 Å². The molecule has 0 saturated heterocycles. The molecule has 112 valence electrons. The predicted octanol–water partition coefficient (Wildman–Crippen LogP) is 2.60. The topological polar surface area (TPSA) is 89.8 Å². The third-order valence-corrected chi connectivity index (χ3v) is 3.94. The van der Waals surface area contributed by atoms with Crippen molar-refractivity contribution in [3.8, 4) is 0 Å². The van der Waals surface area contributed by atoms with Gasteiger partial charge in [0.2, 0.25) is 0 Å². The second kappa shape index (κ2) is 6.78. The highest BCUT2D eigenvalue weighted by Crippen LogP contribution is 2.29. The van der Waals surface area contributed by atoms with Crippen LogP contribution in [0.5, 0.6) is 0 Å². The van der Waals surface area contributed by atoms with Crippen molar-refractivity contribution in [1.82, 2.24) is 15.3 Å². The minimum Gasteiger partial charge on any atom is -0.383 e. The van der Waals surface area contributed by atoms with Gasteiger partial charge in [0.05, 0.1) is 0 Å². The fraction of sp³-hybridized carbons (Fsp3) is 0.333. The van der Waals surface area contributed by atoms with E-state index in [1.165, 1.54) is 22.9 Å². The second-order valence-electron chi connectivity index (χ2n) is 5.24. The van der Waals surface area contributed by atoms with Crippen LogP contribution in [0.4, 0.5) is 11.6 Å². The third kappa shape index (κ3) is 4.61. The van der Waals surface area contributed by atoms with Crippen molar-refractivity contribution in [1.29, 1.82) is 0 Å². The fourth-order valence-electron chi connectivity index (χ4n) is 1.86. The average Bonchev–Trinajstić information content (AvgIpc) is 2.38. The molecule has 1 aromatic carbocycles. The average molecular weight is 303 g/mol. The second-order valence-corrected chi connectivity index (χ2v) is 6.25. The van der Waals surface area contributed by atoms with Crippen LogP contribution in [0.15, 0.2) is 34.3 Å². The normalized spacial score (nSPS) is 11.0. The first kappa shape index (κ1) is 15.6. The molecular formula is C15H21N5S. The van der Waals surface area contributed by atoms with E-state index in [-0.39, 0.29) is 0 Å². The molecule has 0 radical (unpaired) electrons. The Bertz CT molecular complexity index is 607. The molecule has 0 saturated carbocycles. The molecule has 21 heavy (non-hydrogen) atoms. The van der Waals surface area contributed by atoms with E-state index < -0.39 is 0 Å². The molecule has 1 aromatic heterocycles. The minimum absolute atomic E-state index is 0.389. The van der Waals surface area contributed by atoms with E-state index in [1.807, 2.05) is 0 Å². The maximum atomic E-state index is 5.69. The van der Waals surface area contributed by atoms with Crippen LogP contribution in [0, 0.1) is 6.92 Å². The Hall–Kier alpha value is -1.79. The molecule has 2 rings (SSSR count). The van der Waals surface area contributed by atoms with Gasteiger partial charge in [0.15, 0.2) is 5.16 Å². The van der Waals surface area contributed by atoms with Crippen LogP contribution < -0.4 is 16.8 Å². The lowest BCUT2D eigenvalue weighted by Crippen LogP contribution is -2.21. The summed E-state index contributed by atoms with van der Waals surface area (Å²) >= 11 is 1.47. The third-order valence-electron chi connectivity index (χ3n) is 2.90. The molecule has 1 heterocycles. The summed E-state index contributed by atoms with van der Waals surface area (Å²) in [6.45, 7) is 7.22. The van der Waals surface area contributed by atoms with Crippen molar-refractivity contribution in [3.05, 3.63) is 35.4 Å². The van der Waals surface area contributed by atoms with Crippen LogP contribution in [-0.4, -0.2) is 16.0 Å². The van der Waals surface area contributed by atoms with Gasteiger partial charge >= 0.3 is 0 Å². The van der Waals surface area contributed by atoms with Crippen LogP contribution in [0.1, 0.15) is 25.0 Å². The lowest BCUT2D eigenvalue weighted by molar-refractivity contribution is 0.588. The summed E-state index contributed by atoms with van der Waals surface area (Å²) in [5, 5.41) is 3.98. The number of aryl methyl sites for hydroxylation is 1. The minimum atomic E-state index is 0.389. The van der Waals surface area contributed by atoms with Crippen LogP contribution in [-0.2, 0) is 6.54 Å². The number of rotatable bonds is 5. The van der Waals surface area contributed by atoms with E-state index >= 15 is 0 Å². The van der Waals surface area contributed by atoms with E-state index in [9.17, 15) is 0 Å². The van der Waals surface area contributed by atoms with E-state index in [0.717, 1.165) is 11.4 Å². The lowest BCUT2D eigenvalue weighted by Gasteiger charge is -2.11. The highest BCUT2D eigenvalue weighted by atomic mass is 32.2. The van der Waals surface area contributed by atoms with Gasteiger partial charge in [0, 0.05) is 23.5 Å². The van der Waals surface area contributed by atoms with E-state index in [2.05, 4.69) is 54.3 Å². The Balaban J connectivity index is 2.13. The molecule has 5 N–H and O–H groups in total. The Morgan fingerprint density at radius 3 is 2.38 bits per heavy atom. The number of nitrogen functional groups attached to an aromatic ring is 2. The van der Waals surface area contributed by atoms with Gasteiger partial charge in [-0.2, -0.15) is 0 Å². The summed E-state index contributed by atoms with van der Waals surface area (Å²) in [5.74, 6) is 0.779. The molecule has 0 amide bonds. The zero-order valence-electron chi connectivity index (χ0n) is 12.6. The first-order chi connectivity index (χ1) is 9.94. The fourth-order valence-corrected chi connectivity index (χ4v) is 2.72. The smallest absolute Gasteiger partial charge is 0.196 e. The van der Waals surface area contributed by atoms with Gasteiger partial charge in [-0.1, -0.05) is 26.0 Å². The number of hydrogen-bond donors (Lipinski definition) is 3. The summed E-state index contributed by atoms with van der Waals surface area (Å²) in [6.07, 6.45) is 0. The number of benzene rings is 1. The van der Waals surface area contributed by atoms with E-state index in [0.29, 0.717) is 22.8 Å². The molecule has 5 nitrogen and oxygen atoms in total. The maximum absolute atomic E-state index is 5.69. The van der Waals surface area contributed by atoms with Crippen molar-refractivity contribution in [2.75, 3.05) is 11.5 Å². The van der Waals surface area contributed by atoms with Crippen molar-refractivity contribution in [2.45, 2.75) is 43.4 Å². The largest absolute Gasteiger partial charge is 0.383 e. The van der Waals surface area contributed by atoms with Crippen molar-refractivity contribution < 1.29 is 0 Å². The standard InChI is InChI=1S/C15H21N5S/c1-9(2)18-8-11-4-5-12(10(3)6-11)21-15-19-13(16)7-14(17)20-15/h4-7,9,18H,8H2,1-3H3,(H4,16,17,19,20). The van der Waals surface area contributed by atoms with Gasteiger partial charge in [-0.05, 0) is 35.9 Å². The van der Waals surface area contributed by atoms with Gasteiger partial charge in [-0.3, -0.25) is 0 Å². The summed E-state index contributed by atoms with van der Waals surface area (Å²) in [4.78, 5) is 9.48. The van der Waals surface area contributed by atoms with Gasteiger partial charge in [-0.25, -0.2) is 9.97 Å². The van der Waals surface area contributed by atoms with Crippen molar-refractivity contribution >= 4 is 23.4 Å². The molecule has 0 bridgehead atoms. The monoisotopic (exact) mass is 303 g/mol. The summed E-state index contributed by atoms with van der Waals surface area (Å²) in [7, 11) is 0. The summed E-state index contributed by atoms with van der Waals surface area (Å²) in [5.41, 5.74) is 13.8. The Morgan fingerprint density at radius 2 is 1.81 bits per heavy atom. The number of anilines is 2. The lowest BCUT2D eigenvalue weighted by atomic mass is 10.1. The van der Waals surface area contributed by atoms with Crippen LogP contribution in [0.3, 0.4) is 0 Å². The number of nitrogens with zero attached hydrogens (tertiary/aromatic N) is 2. The molecule has 0 unspecified atom stereocenters. The molecule has 0 fully saturated rings. The number of nitrogens with two attached hydrogens (primary N) is 2.